The maximum Gasteiger partial charge on any atom is 0.248 e. The van der Waals surface area contributed by atoms with Crippen LogP contribution in [-0.4, -0.2) is 54.8 Å². The number of carbonyl (C=O) groups excluding carboxylic acids is 2. The van der Waals surface area contributed by atoms with Gasteiger partial charge < -0.3 is 15.8 Å². The largest absolute Gasteiger partial charge is 0.374 e. The van der Waals surface area contributed by atoms with Crippen LogP contribution < -0.4 is 11.1 Å². The molecular weight excluding hydrogens is 445 g/mol. The predicted molar refractivity (Wildman–Crippen MR) is 120 cm³/mol. The highest BCUT2D eigenvalue weighted by atomic mass is 35.5. The predicted octanol–water partition coefficient (Wildman–Crippen LogP) is 3.20. The monoisotopic (exact) mass is 467 g/mol. The van der Waals surface area contributed by atoms with Crippen LogP contribution in [0.2, 0.25) is 10.0 Å². The number of halogens is 2. The van der Waals surface area contributed by atoms with E-state index in [1.54, 1.807) is 30.3 Å². The van der Waals surface area contributed by atoms with Crippen LogP contribution in [0.25, 0.3) is 0 Å². The third kappa shape index (κ3) is 6.89. The standard InChI is InChI=1S/C21H23Cl2N3O3S/c22-18-6-1-14(9-19(18)23)11-26-7-8-29-16(12-26)10-25-20(27)13-30-17-4-2-15(3-5-17)21(24)28/h1-6,9,16H,7-8,10-13H2,(H2,24,28)(H,25,27)/t16-/m0/s1. The molecular formula is C21H23Cl2N3O3S. The Labute approximate surface area is 190 Å². The number of rotatable bonds is 8. The molecule has 1 atom stereocenters. The second-order valence-corrected chi connectivity index (χ2v) is 8.82. The summed E-state index contributed by atoms with van der Waals surface area (Å²) >= 11 is 13.5. The van der Waals surface area contributed by atoms with Crippen molar-refractivity contribution in [2.75, 3.05) is 32.0 Å². The van der Waals surface area contributed by atoms with E-state index in [-0.39, 0.29) is 17.8 Å². The van der Waals surface area contributed by atoms with Gasteiger partial charge in [0.1, 0.15) is 0 Å². The van der Waals surface area contributed by atoms with Gasteiger partial charge >= 0.3 is 0 Å². The van der Waals surface area contributed by atoms with Crippen LogP contribution in [0.15, 0.2) is 47.4 Å². The van der Waals surface area contributed by atoms with E-state index in [1.807, 2.05) is 12.1 Å². The van der Waals surface area contributed by atoms with Crippen LogP contribution in [-0.2, 0) is 16.1 Å². The van der Waals surface area contributed by atoms with Gasteiger partial charge in [-0.2, -0.15) is 0 Å². The van der Waals surface area contributed by atoms with Gasteiger partial charge in [-0.3, -0.25) is 14.5 Å². The minimum atomic E-state index is -0.468. The van der Waals surface area contributed by atoms with Gasteiger partial charge in [-0.1, -0.05) is 29.3 Å². The maximum absolute atomic E-state index is 12.2. The summed E-state index contributed by atoms with van der Waals surface area (Å²) in [4.78, 5) is 26.4. The topological polar surface area (TPSA) is 84.7 Å². The van der Waals surface area contributed by atoms with Gasteiger partial charge in [0.15, 0.2) is 0 Å². The summed E-state index contributed by atoms with van der Waals surface area (Å²) < 4.78 is 5.78. The number of nitrogens with one attached hydrogen (secondary N) is 1. The first-order valence-corrected chi connectivity index (χ1v) is 11.2. The summed E-state index contributed by atoms with van der Waals surface area (Å²) in [7, 11) is 0. The van der Waals surface area contributed by atoms with Crippen LogP contribution in [0.4, 0.5) is 0 Å². The quantitative estimate of drug-likeness (QED) is 0.582. The molecule has 3 N–H and O–H groups in total. The number of ether oxygens (including phenoxy) is 1. The Bertz CT molecular complexity index is 896. The van der Waals surface area contributed by atoms with Crippen molar-refractivity contribution in [2.24, 2.45) is 5.73 Å². The molecule has 0 spiro atoms. The van der Waals surface area contributed by atoms with Gasteiger partial charge in [0.2, 0.25) is 11.8 Å². The molecule has 1 aliphatic heterocycles. The number of nitrogens with zero attached hydrogens (tertiary/aromatic N) is 1. The van der Waals surface area contributed by atoms with Gasteiger partial charge in [-0.25, -0.2) is 0 Å². The molecule has 0 aromatic heterocycles. The average molecular weight is 468 g/mol. The Kier molecular flexibility index (Phi) is 8.41. The summed E-state index contributed by atoms with van der Waals surface area (Å²) in [6.07, 6.45) is -0.0645. The lowest BCUT2D eigenvalue weighted by Gasteiger charge is -2.33. The Hall–Kier alpha value is -1.77. The van der Waals surface area contributed by atoms with Crippen LogP contribution >= 0.6 is 35.0 Å². The summed E-state index contributed by atoms with van der Waals surface area (Å²) in [6, 6.07) is 12.5. The number of hydrogen-bond donors (Lipinski definition) is 2. The molecule has 30 heavy (non-hydrogen) atoms. The zero-order valence-electron chi connectivity index (χ0n) is 16.3. The second-order valence-electron chi connectivity index (χ2n) is 6.96. The number of thioether (sulfide) groups is 1. The number of morpholine rings is 1. The lowest BCUT2D eigenvalue weighted by Crippen LogP contribution is -2.47. The zero-order valence-corrected chi connectivity index (χ0v) is 18.6. The lowest BCUT2D eigenvalue weighted by atomic mass is 10.2. The van der Waals surface area contributed by atoms with E-state index in [2.05, 4.69) is 10.2 Å². The zero-order chi connectivity index (χ0) is 21.5. The molecule has 2 aromatic rings. The fourth-order valence-electron chi connectivity index (χ4n) is 3.09. The molecule has 1 aliphatic rings. The van der Waals surface area contributed by atoms with Crippen molar-refractivity contribution in [3.63, 3.8) is 0 Å². The van der Waals surface area contributed by atoms with Crippen LogP contribution in [0.5, 0.6) is 0 Å². The summed E-state index contributed by atoms with van der Waals surface area (Å²) in [5.41, 5.74) is 6.76. The smallest absolute Gasteiger partial charge is 0.248 e. The highest BCUT2D eigenvalue weighted by molar-refractivity contribution is 8.00. The highest BCUT2D eigenvalue weighted by Gasteiger charge is 2.21. The molecule has 0 unspecified atom stereocenters. The summed E-state index contributed by atoms with van der Waals surface area (Å²) in [6.45, 7) is 3.37. The molecule has 0 aliphatic carbocycles. The molecule has 1 heterocycles. The first-order chi connectivity index (χ1) is 14.4. The molecule has 3 rings (SSSR count). The van der Waals surface area contributed by atoms with E-state index in [9.17, 15) is 9.59 Å². The highest BCUT2D eigenvalue weighted by Crippen LogP contribution is 2.23. The van der Waals surface area contributed by atoms with Gasteiger partial charge in [0.25, 0.3) is 0 Å². The van der Waals surface area contributed by atoms with Crippen LogP contribution in [0.3, 0.4) is 0 Å². The van der Waals surface area contributed by atoms with Crippen molar-refractivity contribution in [2.45, 2.75) is 17.5 Å². The van der Waals surface area contributed by atoms with Crippen molar-refractivity contribution < 1.29 is 14.3 Å². The van der Waals surface area contributed by atoms with E-state index in [1.165, 1.54) is 11.8 Å². The molecule has 6 nitrogen and oxygen atoms in total. The molecule has 0 saturated carbocycles. The Morgan fingerprint density at radius 2 is 1.93 bits per heavy atom. The molecule has 160 valence electrons. The van der Waals surface area contributed by atoms with Crippen LogP contribution in [0.1, 0.15) is 15.9 Å². The number of hydrogen-bond acceptors (Lipinski definition) is 5. The van der Waals surface area contributed by atoms with Crippen molar-refractivity contribution in [1.82, 2.24) is 10.2 Å². The summed E-state index contributed by atoms with van der Waals surface area (Å²) in [5, 5.41) is 4.02. The average Bonchev–Trinajstić information content (AvgIpc) is 2.74. The third-order valence-electron chi connectivity index (χ3n) is 4.65. The Balaban J connectivity index is 1.40. The first kappa shape index (κ1) is 22.9. The molecule has 1 fully saturated rings. The lowest BCUT2D eigenvalue weighted by molar-refractivity contribution is -0.119. The van der Waals surface area contributed by atoms with Gasteiger partial charge in [0.05, 0.1) is 28.5 Å². The molecule has 0 radical (unpaired) electrons. The van der Waals surface area contributed by atoms with E-state index in [4.69, 9.17) is 33.7 Å². The minimum absolute atomic E-state index is 0.0645. The number of benzene rings is 2. The van der Waals surface area contributed by atoms with E-state index < -0.39 is 5.91 Å². The van der Waals surface area contributed by atoms with Crippen molar-refractivity contribution in [3.8, 4) is 0 Å². The first-order valence-electron chi connectivity index (χ1n) is 9.48. The SMILES string of the molecule is NC(=O)c1ccc(SCC(=O)NC[C@H]2CN(Cc3ccc(Cl)c(Cl)c3)CCO2)cc1. The molecule has 9 heteroatoms. The minimum Gasteiger partial charge on any atom is -0.374 e. The number of primary amides is 1. The number of carbonyl (C=O) groups is 2. The van der Waals surface area contributed by atoms with E-state index >= 15 is 0 Å². The molecule has 1 saturated heterocycles. The Morgan fingerprint density at radius 1 is 1.17 bits per heavy atom. The fourth-order valence-corrected chi connectivity index (χ4v) is 4.14. The van der Waals surface area contributed by atoms with Gasteiger partial charge in [0, 0.05) is 36.6 Å². The van der Waals surface area contributed by atoms with Crippen molar-refractivity contribution in [3.05, 3.63) is 63.6 Å². The second kappa shape index (κ2) is 11.0. The Morgan fingerprint density at radius 3 is 2.63 bits per heavy atom. The number of nitrogens with two attached hydrogens (primary N) is 1. The molecule has 0 bridgehead atoms. The third-order valence-corrected chi connectivity index (χ3v) is 6.40. The normalized spacial score (nSPS) is 16.9. The molecule has 2 amide bonds. The summed E-state index contributed by atoms with van der Waals surface area (Å²) in [5.74, 6) is -0.246. The fraction of sp³-hybridized carbons (Fsp3) is 0.333. The van der Waals surface area contributed by atoms with Gasteiger partial charge in [-0.15, -0.1) is 11.8 Å². The van der Waals surface area contributed by atoms with Crippen molar-refractivity contribution >= 4 is 46.8 Å². The van der Waals surface area contributed by atoms with Crippen molar-refractivity contribution in [1.29, 1.82) is 0 Å². The van der Waals surface area contributed by atoms with Crippen LogP contribution in [0, 0.1) is 0 Å². The van der Waals surface area contributed by atoms with E-state index in [0.717, 1.165) is 30.1 Å². The molecule has 2 aromatic carbocycles. The van der Waals surface area contributed by atoms with E-state index in [0.29, 0.717) is 28.8 Å². The maximum atomic E-state index is 12.2. The van der Waals surface area contributed by atoms with Gasteiger partial charge in [-0.05, 0) is 42.0 Å². The number of amides is 2.